The van der Waals surface area contributed by atoms with Gasteiger partial charge in [0.25, 0.3) is 0 Å². The average Bonchev–Trinajstić information content (AvgIpc) is 2.34. The fourth-order valence-corrected chi connectivity index (χ4v) is 2.82. The topological polar surface area (TPSA) is 40.5 Å². The smallest absolute Gasteiger partial charge is 0.307 e. The highest BCUT2D eigenvalue weighted by molar-refractivity contribution is 6.35. The molecule has 6 heteroatoms. The van der Waals surface area contributed by atoms with Gasteiger partial charge >= 0.3 is 5.97 Å². The number of piperidine rings is 1. The summed E-state index contributed by atoms with van der Waals surface area (Å²) in [5, 5.41) is 10.3. The molecule has 106 valence electrons. The molecule has 1 heterocycles. The average molecular weight is 325 g/mol. The zero-order valence-corrected chi connectivity index (χ0v) is 12.6. The van der Waals surface area contributed by atoms with E-state index < -0.39 is 5.97 Å². The summed E-state index contributed by atoms with van der Waals surface area (Å²) in [7, 11) is 0. The van der Waals surface area contributed by atoms with Crippen molar-refractivity contribution in [2.45, 2.75) is 19.4 Å². The first kappa shape index (κ1) is 16.6. The van der Waals surface area contributed by atoms with E-state index in [1.165, 1.54) is 0 Å². The highest BCUT2D eigenvalue weighted by atomic mass is 35.5. The van der Waals surface area contributed by atoms with Crippen molar-refractivity contribution in [3.8, 4) is 0 Å². The molecule has 0 radical (unpaired) electrons. The van der Waals surface area contributed by atoms with E-state index in [1.54, 1.807) is 12.1 Å². The van der Waals surface area contributed by atoms with Gasteiger partial charge in [-0.3, -0.25) is 9.69 Å². The minimum atomic E-state index is -0.718. The monoisotopic (exact) mass is 323 g/mol. The van der Waals surface area contributed by atoms with Crippen LogP contribution in [0.3, 0.4) is 0 Å². The molecule has 1 aliphatic heterocycles. The molecule has 1 aliphatic rings. The van der Waals surface area contributed by atoms with Crippen LogP contribution >= 0.6 is 35.6 Å². The fourth-order valence-electron chi connectivity index (χ4n) is 2.31. The molecule has 0 amide bonds. The molecule has 0 spiro atoms. The Kier molecular flexibility index (Phi) is 6.40. The molecule has 0 aliphatic carbocycles. The Hall–Kier alpha value is -0.480. The molecule has 0 bridgehead atoms. The summed E-state index contributed by atoms with van der Waals surface area (Å²) < 4.78 is 0. The van der Waals surface area contributed by atoms with Gasteiger partial charge in [-0.1, -0.05) is 29.3 Å². The van der Waals surface area contributed by atoms with Gasteiger partial charge in [0.2, 0.25) is 0 Å². The number of carboxylic acids is 1. The van der Waals surface area contributed by atoms with Crippen LogP contribution in [0.4, 0.5) is 0 Å². The summed E-state index contributed by atoms with van der Waals surface area (Å²) in [4.78, 5) is 13.1. The molecular weight excluding hydrogens is 309 g/mol. The molecule has 3 nitrogen and oxygen atoms in total. The van der Waals surface area contributed by atoms with Crippen molar-refractivity contribution in [2.75, 3.05) is 13.1 Å². The SMILES string of the molecule is Cl.O=C(O)C1CCCN(Cc2c(Cl)cccc2Cl)C1. The van der Waals surface area contributed by atoms with Crippen LogP contribution in [0, 0.1) is 5.92 Å². The molecule has 1 atom stereocenters. The zero-order chi connectivity index (χ0) is 13.1. The van der Waals surface area contributed by atoms with E-state index in [9.17, 15) is 4.79 Å². The number of likely N-dealkylation sites (tertiary alicyclic amines) is 1. The first-order chi connectivity index (χ1) is 8.58. The third kappa shape index (κ3) is 4.25. The maximum Gasteiger partial charge on any atom is 0.307 e. The number of aliphatic carboxylic acids is 1. The van der Waals surface area contributed by atoms with Crippen LogP contribution in [0.15, 0.2) is 18.2 Å². The molecule has 1 aromatic carbocycles. The number of carboxylic acid groups (broad SMARTS) is 1. The Morgan fingerprint density at radius 2 is 2.00 bits per heavy atom. The highest BCUT2D eigenvalue weighted by Gasteiger charge is 2.25. The molecule has 1 unspecified atom stereocenters. The summed E-state index contributed by atoms with van der Waals surface area (Å²) in [5.74, 6) is -0.995. The number of carbonyl (C=O) groups is 1. The zero-order valence-electron chi connectivity index (χ0n) is 10.3. The van der Waals surface area contributed by atoms with E-state index in [-0.39, 0.29) is 18.3 Å². The summed E-state index contributed by atoms with van der Waals surface area (Å²) >= 11 is 12.2. The second-order valence-corrected chi connectivity index (χ2v) is 5.43. The van der Waals surface area contributed by atoms with Crippen LogP contribution in [0.5, 0.6) is 0 Å². The van der Waals surface area contributed by atoms with E-state index in [0.717, 1.165) is 24.9 Å². The largest absolute Gasteiger partial charge is 0.481 e. The number of rotatable bonds is 3. The summed E-state index contributed by atoms with van der Waals surface area (Å²) in [6.45, 7) is 2.07. The number of hydrogen-bond acceptors (Lipinski definition) is 2. The number of halogens is 3. The van der Waals surface area contributed by atoms with Crippen molar-refractivity contribution in [1.82, 2.24) is 4.90 Å². The van der Waals surface area contributed by atoms with Gasteiger partial charge in [-0.05, 0) is 31.5 Å². The van der Waals surface area contributed by atoms with Crippen LogP contribution in [0.2, 0.25) is 10.0 Å². The van der Waals surface area contributed by atoms with Crippen molar-refractivity contribution in [1.29, 1.82) is 0 Å². The van der Waals surface area contributed by atoms with Crippen molar-refractivity contribution < 1.29 is 9.90 Å². The van der Waals surface area contributed by atoms with Gasteiger partial charge in [-0.2, -0.15) is 0 Å². The van der Waals surface area contributed by atoms with Crippen LogP contribution in [0.25, 0.3) is 0 Å². The summed E-state index contributed by atoms with van der Waals surface area (Å²) in [5.41, 5.74) is 0.881. The van der Waals surface area contributed by atoms with E-state index >= 15 is 0 Å². The Labute approximate surface area is 128 Å². The molecule has 2 rings (SSSR count). The second-order valence-electron chi connectivity index (χ2n) is 4.61. The molecule has 0 saturated carbocycles. The Bertz CT molecular complexity index is 433. The minimum Gasteiger partial charge on any atom is -0.481 e. The maximum atomic E-state index is 11.0. The highest BCUT2D eigenvalue weighted by Crippen LogP contribution is 2.27. The van der Waals surface area contributed by atoms with Gasteiger partial charge < -0.3 is 5.11 Å². The molecule has 0 aromatic heterocycles. The van der Waals surface area contributed by atoms with E-state index in [4.69, 9.17) is 28.3 Å². The van der Waals surface area contributed by atoms with E-state index in [1.807, 2.05) is 6.07 Å². The number of benzene rings is 1. The normalized spacial score (nSPS) is 19.8. The van der Waals surface area contributed by atoms with Gasteiger partial charge in [-0.15, -0.1) is 12.4 Å². The first-order valence-corrected chi connectivity index (χ1v) is 6.71. The number of nitrogens with zero attached hydrogens (tertiary/aromatic N) is 1. The standard InChI is InChI=1S/C13H15Cl2NO2.ClH/c14-11-4-1-5-12(15)10(11)8-16-6-2-3-9(7-16)13(17)18;/h1,4-5,9H,2-3,6-8H2,(H,17,18);1H. The third-order valence-electron chi connectivity index (χ3n) is 3.30. The van der Waals surface area contributed by atoms with Gasteiger partial charge in [-0.25, -0.2) is 0 Å². The van der Waals surface area contributed by atoms with E-state index in [2.05, 4.69) is 4.90 Å². The van der Waals surface area contributed by atoms with Crippen LogP contribution < -0.4 is 0 Å². The lowest BCUT2D eigenvalue weighted by Gasteiger charge is -2.31. The molecule has 1 N–H and O–H groups in total. The predicted octanol–water partition coefficient (Wildman–Crippen LogP) is 3.71. The van der Waals surface area contributed by atoms with Gasteiger partial charge in [0, 0.05) is 28.7 Å². The molecular formula is C13H16Cl3NO2. The third-order valence-corrected chi connectivity index (χ3v) is 4.01. The lowest BCUT2D eigenvalue weighted by molar-refractivity contribution is -0.143. The van der Waals surface area contributed by atoms with Gasteiger partial charge in [0.05, 0.1) is 5.92 Å². The quantitative estimate of drug-likeness (QED) is 0.921. The van der Waals surface area contributed by atoms with E-state index in [0.29, 0.717) is 23.1 Å². The lowest BCUT2D eigenvalue weighted by atomic mass is 9.98. The van der Waals surface area contributed by atoms with Crippen LogP contribution in [-0.4, -0.2) is 29.1 Å². The van der Waals surface area contributed by atoms with Gasteiger partial charge in [0.15, 0.2) is 0 Å². The van der Waals surface area contributed by atoms with Crippen molar-refractivity contribution in [3.63, 3.8) is 0 Å². The lowest BCUT2D eigenvalue weighted by Crippen LogP contribution is -2.38. The maximum absolute atomic E-state index is 11.0. The van der Waals surface area contributed by atoms with Crippen molar-refractivity contribution >= 4 is 41.6 Å². The predicted molar refractivity (Wildman–Crippen MR) is 79.3 cm³/mol. The first-order valence-electron chi connectivity index (χ1n) is 5.96. The Morgan fingerprint density at radius 1 is 1.37 bits per heavy atom. The van der Waals surface area contributed by atoms with Crippen molar-refractivity contribution in [2.24, 2.45) is 5.92 Å². The molecule has 1 aromatic rings. The fraction of sp³-hybridized carbons (Fsp3) is 0.462. The van der Waals surface area contributed by atoms with Gasteiger partial charge in [0.1, 0.15) is 0 Å². The van der Waals surface area contributed by atoms with Crippen LogP contribution in [-0.2, 0) is 11.3 Å². The second kappa shape index (κ2) is 7.34. The van der Waals surface area contributed by atoms with Crippen molar-refractivity contribution in [3.05, 3.63) is 33.8 Å². The summed E-state index contributed by atoms with van der Waals surface area (Å²) in [6.07, 6.45) is 1.65. The summed E-state index contributed by atoms with van der Waals surface area (Å²) in [6, 6.07) is 5.42. The minimum absolute atomic E-state index is 0. The molecule has 19 heavy (non-hydrogen) atoms. The Morgan fingerprint density at radius 3 is 2.58 bits per heavy atom. The Balaban J connectivity index is 0.00000180. The molecule has 1 saturated heterocycles. The number of hydrogen-bond donors (Lipinski definition) is 1. The van der Waals surface area contributed by atoms with Crippen LogP contribution in [0.1, 0.15) is 18.4 Å². The molecule has 1 fully saturated rings.